The molecule has 340 valence electrons. The molecule has 1 aliphatic carbocycles. The summed E-state index contributed by atoms with van der Waals surface area (Å²) in [5.41, 5.74) is 0.694. The number of alkyl halides is 4. The Labute approximate surface area is 364 Å². The first-order valence-corrected chi connectivity index (χ1v) is 22.0. The largest absolute Gasteiger partial charge is 0.377 e. The molecule has 5 aliphatic rings. The third-order valence-corrected chi connectivity index (χ3v) is 14.1. The van der Waals surface area contributed by atoms with Gasteiger partial charge in [0.15, 0.2) is 11.3 Å². The predicted octanol–water partition coefficient (Wildman–Crippen LogP) is 4.69. The lowest BCUT2D eigenvalue weighted by Gasteiger charge is -2.44. The number of morpholine rings is 1. The molecule has 0 radical (unpaired) electrons. The number of benzene rings is 1. The summed E-state index contributed by atoms with van der Waals surface area (Å²) in [4.78, 5) is 61.9. The Kier molecular flexibility index (Phi) is 10.7. The minimum atomic E-state index is -3.11. The quantitative estimate of drug-likeness (QED) is 0.148. The minimum Gasteiger partial charge on any atom is -0.377 e. The van der Waals surface area contributed by atoms with Gasteiger partial charge in [-0.2, -0.15) is 10.2 Å². The van der Waals surface area contributed by atoms with Crippen molar-refractivity contribution in [2.24, 2.45) is 13.0 Å². The van der Waals surface area contributed by atoms with Crippen molar-refractivity contribution in [1.29, 1.82) is 0 Å². The van der Waals surface area contributed by atoms with E-state index in [1.807, 2.05) is 6.07 Å². The molecule has 21 heteroatoms. The summed E-state index contributed by atoms with van der Waals surface area (Å²) in [7, 11) is 3.27. The lowest BCUT2D eigenvalue weighted by atomic mass is 9.85. The van der Waals surface area contributed by atoms with Crippen molar-refractivity contribution in [1.82, 2.24) is 43.7 Å². The zero-order chi connectivity index (χ0) is 44.6. The van der Waals surface area contributed by atoms with E-state index in [1.165, 1.54) is 30.7 Å². The van der Waals surface area contributed by atoms with Gasteiger partial charge in [-0.1, -0.05) is 6.07 Å². The highest BCUT2D eigenvalue weighted by Gasteiger charge is 2.48. The molecule has 4 aromatic heterocycles. The van der Waals surface area contributed by atoms with Gasteiger partial charge in [-0.3, -0.25) is 38.4 Å². The first-order valence-electron chi connectivity index (χ1n) is 22.0. The average Bonchev–Trinajstić information content (AvgIpc) is 4.01. The molecule has 1 aromatic carbocycles. The second kappa shape index (κ2) is 16.3. The molecule has 64 heavy (non-hydrogen) atoms. The molecule has 10 rings (SSSR count). The molecule has 1 saturated carbocycles. The third-order valence-electron chi connectivity index (χ3n) is 14.1. The Morgan fingerprint density at radius 2 is 1.77 bits per heavy atom. The highest BCUT2D eigenvalue weighted by Crippen LogP contribution is 2.40. The molecule has 0 spiro atoms. The molecule has 4 atom stereocenters. The van der Waals surface area contributed by atoms with Crippen LogP contribution in [0.5, 0.6) is 0 Å². The van der Waals surface area contributed by atoms with Gasteiger partial charge in [0.2, 0.25) is 11.8 Å². The van der Waals surface area contributed by atoms with Gasteiger partial charge in [0.1, 0.15) is 17.4 Å². The van der Waals surface area contributed by atoms with Crippen LogP contribution in [0.1, 0.15) is 92.3 Å². The maximum atomic E-state index is 16.2. The standard InChI is InChI=1S/C43H50F4N12O5/c1-53(33-14-16-55(23-43(33,46)47)30-4-3-5-31-37(30)54(2)42(63)59(31)32-12-13-35(60)51-41(32)62)19-24-6-8-25(9-7-24)57-20-29(36(52-57)38(44)45)49-40(61)28-18-48-56-17-15-34(50-39(28)56)58-26-10-11-27(58)22-64-21-26/h3-5,15,17-18,20,24-27,32-33,38H,6-14,16,19,21-23H2,1-2H3,(H,49,61)(H,51,60,62). The first-order chi connectivity index (χ1) is 30.8. The molecular weight excluding hydrogens is 841 g/mol. The topological polar surface area (TPSA) is 169 Å². The number of nitrogens with one attached hydrogen (secondary N) is 2. The lowest BCUT2D eigenvalue weighted by Crippen LogP contribution is -2.58. The van der Waals surface area contributed by atoms with Gasteiger partial charge in [0.25, 0.3) is 18.3 Å². The van der Waals surface area contributed by atoms with Crippen molar-refractivity contribution >= 4 is 51.6 Å². The van der Waals surface area contributed by atoms with E-state index in [9.17, 15) is 28.0 Å². The summed E-state index contributed by atoms with van der Waals surface area (Å²) >= 11 is 0. The number of carbonyl (C=O) groups is 3. The lowest BCUT2D eigenvalue weighted by molar-refractivity contribution is -0.135. The number of imidazole rings is 1. The number of para-hydroxylation sites is 1. The normalized spacial score (nSPS) is 26.1. The SMILES string of the molecule is CN(CC1CCC(n2cc(NC(=O)c3cnn4ccc(N5C6CCC5COC6)nc34)c(C(F)F)n2)CC1)C1CCN(c2cccc3c2n(C)c(=O)n3C2CCC(=O)NC2=O)CC1(F)F. The molecule has 4 aliphatic heterocycles. The second-order valence-electron chi connectivity index (χ2n) is 18.0. The van der Waals surface area contributed by atoms with Crippen LogP contribution in [0.15, 0.2) is 47.7 Å². The molecule has 5 aromatic rings. The maximum absolute atomic E-state index is 16.2. The van der Waals surface area contributed by atoms with Crippen LogP contribution in [0, 0.1) is 5.92 Å². The molecule has 4 saturated heterocycles. The Morgan fingerprint density at radius 1 is 1.02 bits per heavy atom. The summed E-state index contributed by atoms with van der Waals surface area (Å²) in [6.07, 6.45) is 6.53. The van der Waals surface area contributed by atoms with Gasteiger partial charge in [-0.15, -0.1) is 0 Å². The first kappa shape index (κ1) is 42.1. The number of imide groups is 1. The molecule has 2 bridgehead atoms. The molecular formula is C43H50F4N12O5. The number of anilines is 3. The van der Waals surface area contributed by atoms with Crippen LogP contribution in [-0.2, 0) is 21.4 Å². The van der Waals surface area contributed by atoms with Crippen LogP contribution in [-0.4, -0.2) is 120 Å². The summed E-state index contributed by atoms with van der Waals surface area (Å²) < 4.78 is 72.5. The number of hydrogen-bond donors (Lipinski definition) is 2. The van der Waals surface area contributed by atoms with Crippen molar-refractivity contribution in [3.63, 3.8) is 0 Å². The molecule has 5 fully saturated rings. The molecule has 3 amide bonds. The van der Waals surface area contributed by atoms with Crippen molar-refractivity contribution in [2.45, 2.75) is 100 Å². The van der Waals surface area contributed by atoms with Crippen LogP contribution in [0.4, 0.5) is 34.8 Å². The number of piperidine rings is 2. The number of ether oxygens (including phenoxy) is 1. The van der Waals surface area contributed by atoms with Crippen molar-refractivity contribution in [3.05, 3.63) is 64.6 Å². The summed E-state index contributed by atoms with van der Waals surface area (Å²) in [5.74, 6) is -3.91. The van der Waals surface area contributed by atoms with Crippen LogP contribution in [0.2, 0.25) is 0 Å². The number of aryl methyl sites for hydroxylation is 1. The van der Waals surface area contributed by atoms with E-state index < -0.39 is 60.1 Å². The summed E-state index contributed by atoms with van der Waals surface area (Å²) in [6, 6.07) is 5.18. The monoisotopic (exact) mass is 890 g/mol. The minimum absolute atomic E-state index is 0.0878. The average molecular weight is 891 g/mol. The zero-order valence-electron chi connectivity index (χ0n) is 35.5. The number of hydrogen-bond acceptors (Lipinski definition) is 11. The maximum Gasteiger partial charge on any atom is 0.329 e. The number of nitrogens with zero attached hydrogens (tertiary/aromatic N) is 10. The fourth-order valence-corrected chi connectivity index (χ4v) is 10.9. The predicted molar refractivity (Wildman–Crippen MR) is 226 cm³/mol. The highest BCUT2D eigenvalue weighted by atomic mass is 19.3. The van der Waals surface area contributed by atoms with E-state index in [1.54, 1.807) is 48.3 Å². The number of amides is 3. The highest BCUT2D eigenvalue weighted by molar-refractivity contribution is 6.08. The number of carbonyl (C=O) groups excluding carboxylic acids is 3. The molecule has 2 N–H and O–H groups in total. The van der Waals surface area contributed by atoms with E-state index in [4.69, 9.17) is 9.72 Å². The van der Waals surface area contributed by atoms with Crippen LogP contribution in [0.25, 0.3) is 16.7 Å². The van der Waals surface area contributed by atoms with Crippen LogP contribution < -0.4 is 26.1 Å². The van der Waals surface area contributed by atoms with E-state index in [2.05, 4.69) is 25.7 Å². The molecule has 17 nitrogen and oxygen atoms in total. The Balaban J connectivity index is 0.774. The van der Waals surface area contributed by atoms with Gasteiger partial charge in [-0.25, -0.2) is 31.9 Å². The number of aromatic nitrogens is 7. The fourth-order valence-electron chi connectivity index (χ4n) is 10.9. The number of fused-ring (bicyclic) bond motifs is 4. The molecule has 8 heterocycles. The van der Waals surface area contributed by atoms with Crippen molar-refractivity contribution in [2.75, 3.05) is 55.0 Å². The van der Waals surface area contributed by atoms with Gasteiger partial charge in [-0.05, 0) is 82.5 Å². The van der Waals surface area contributed by atoms with Gasteiger partial charge >= 0.3 is 5.69 Å². The smallest absolute Gasteiger partial charge is 0.329 e. The van der Waals surface area contributed by atoms with Crippen molar-refractivity contribution in [3.8, 4) is 0 Å². The Bertz CT molecular complexity index is 2670. The van der Waals surface area contributed by atoms with E-state index in [0.29, 0.717) is 80.2 Å². The Hall–Kier alpha value is -5.83. The third kappa shape index (κ3) is 7.38. The van der Waals surface area contributed by atoms with Gasteiger partial charge in [0.05, 0.1) is 72.5 Å². The van der Waals surface area contributed by atoms with Gasteiger partial charge < -0.3 is 19.9 Å². The molecule has 4 unspecified atom stereocenters. The number of rotatable bonds is 10. The van der Waals surface area contributed by atoms with Crippen molar-refractivity contribution < 1.29 is 36.7 Å². The van der Waals surface area contributed by atoms with Crippen LogP contribution >= 0.6 is 0 Å². The van der Waals surface area contributed by atoms with E-state index in [0.717, 1.165) is 12.8 Å². The summed E-state index contributed by atoms with van der Waals surface area (Å²) in [6.45, 7) is 1.38. The van der Waals surface area contributed by atoms with Crippen LogP contribution in [0.3, 0.4) is 0 Å². The number of halogens is 4. The Morgan fingerprint density at radius 3 is 2.48 bits per heavy atom. The zero-order valence-corrected chi connectivity index (χ0v) is 35.5. The van der Waals surface area contributed by atoms with Gasteiger partial charge in [0, 0.05) is 39.0 Å². The van der Waals surface area contributed by atoms with E-state index in [-0.39, 0.29) is 54.6 Å². The van der Waals surface area contributed by atoms with E-state index >= 15 is 8.78 Å². The second-order valence-corrected chi connectivity index (χ2v) is 18.0. The fraction of sp³-hybridized carbons (Fsp3) is 0.558. The summed E-state index contributed by atoms with van der Waals surface area (Å²) in [5, 5.41) is 13.5.